The Hall–Kier alpha value is -2.51. The van der Waals surface area contributed by atoms with Gasteiger partial charge in [0, 0.05) is 12.6 Å². The van der Waals surface area contributed by atoms with Gasteiger partial charge in [-0.3, -0.25) is 19.7 Å². The molecule has 1 heterocycles. The third-order valence-electron chi connectivity index (χ3n) is 3.22. The molecule has 0 saturated carbocycles. The molecule has 8 heteroatoms. The minimum Gasteiger partial charge on any atom is -0.383 e. The normalized spacial score (nSPS) is 18.5. The second kappa shape index (κ2) is 5.47. The number of hydrogen-bond acceptors (Lipinski definition) is 4. The van der Waals surface area contributed by atoms with Crippen molar-refractivity contribution in [3.63, 3.8) is 0 Å². The Kier molecular flexibility index (Phi) is 3.88. The summed E-state index contributed by atoms with van der Waals surface area (Å²) in [5.74, 6) is -3.92. The first-order valence-electron chi connectivity index (χ1n) is 6.16. The Morgan fingerprint density at radius 1 is 1.33 bits per heavy atom. The van der Waals surface area contributed by atoms with Crippen LogP contribution in [-0.4, -0.2) is 42.3 Å². The van der Waals surface area contributed by atoms with E-state index in [2.05, 4.69) is 10.6 Å². The topological polar surface area (TPSA) is 78.5 Å². The maximum Gasteiger partial charge on any atom is 0.255 e. The van der Waals surface area contributed by atoms with E-state index < -0.39 is 35.4 Å². The fourth-order valence-corrected chi connectivity index (χ4v) is 2.06. The van der Waals surface area contributed by atoms with Crippen LogP contribution in [-0.2, 0) is 9.59 Å². The molecule has 1 atom stereocenters. The van der Waals surface area contributed by atoms with Gasteiger partial charge in [-0.2, -0.15) is 0 Å². The van der Waals surface area contributed by atoms with E-state index in [0.29, 0.717) is 0 Å². The Morgan fingerprint density at radius 2 is 1.90 bits per heavy atom. The Bertz CT molecular complexity index is 610. The first-order valence-corrected chi connectivity index (χ1v) is 6.16. The van der Waals surface area contributed by atoms with Crippen molar-refractivity contribution < 1.29 is 23.2 Å². The van der Waals surface area contributed by atoms with Crippen LogP contribution >= 0.6 is 0 Å². The van der Waals surface area contributed by atoms with Gasteiger partial charge in [-0.25, -0.2) is 8.78 Å². The highest BCUT2D eigenvalue weighted by Crippen LogP contribution is 2.22. The summed E-state index contributed by atoms with van der Waals surface area (Å²) in [7, 11) is 1.35. The first kappa shape index (κ1) is 14.9. The minimum atomic E-state index is -0.929. The number of rotatable bonds is 2. The molecule has 3 amide bonds. The molecule has 1 aliphatic heterocycles. The minimum absolute atomic E-state index is 0.265. The molecule has 1 saturated heterocycles. The van der Waals surface area contributed by atoms with Crippen LogP contribution in [0.15, 0.2) is 12.1 Å². The molecule has 21 heavy (non-hydrogen) atoms. The van der Waals surface area contributed by atoms with E-state index in [1.54, 1.807) is 0 Å². The van der Waals surface area contributed by atoms with Crippen molar-refractivity contribution in [1.82, 2.24) is 10.2 Å². The summed E-state index contributed by atoms with van der Waals surface area (Å²) >= 11 is 0. The van der Waals surface area contributed by atoms with Gasteiger partial charge in [-0.1, -0.05) is 0 Å². The fourth-order valence-electron chi connectivity index (χ4n) is 2.06. The molecule has 1 aromatic carbocycles. The maximum absolute atomic E-state index is 13.7. The largest absolute Gasteiger partial charge is 0.383 e. The summed E-state index contributed by atoms with van der Waals surface area (Å²) < 4.78 is 27.3. The lowest BCUT2D eigenvalue weighted by atomic mass is 10.1. The van der Waals surface area contributed by atoms with Crippen molar-refractivity contribution in [1.29, 1.82) is 0 Å². The highest BCUT2D eigenvalue weighted by molar-refractivity contribution is 6.07. The number of benzene rings is 1. The van der Waals surface area contributed by atoms with E-state index in [1.165, 1.54) is 14.0 Å². The third-order valence-corrected chi connectivity index (χ3v) is 3.22. The van der Waals surface area contributed by atoms with E-state index in [9.17, 15) is 23.2 Å². The van der Waals surface area contributed by atoms with E-state index in [0.717, 1.165) is 17.0 Å². The molecule has 1 unspecified atom stereocenters. The van der Waals surface area contributed by atoms with E-state index in [4.69, 9.17) is 0 Å². The zero-order valence-electron chi connectivity index (χ0n) is 11.4. The number of anilines is 1. The van der Waals surface area contributed by atoms with Gasteiger partial charge in [-0.15, -0.1) is 0 Å². The summed E-state index contributed by atoms with van der Waals surface area (Å²) in [6.07, 6.45) is 0. The molecule has 2 rings (SSSR count). The lowest BCUT2D eigenvalue weighted by molar-refractivity contribution is -0.138. The predicted octanol–water partition coefficient (Wildman–Crippen LogP) is 0.494. The Morgan fingerprint density at radius 3 is 2.43 bits per heavy atom. The van der Waals surface area contributed by atoms with Crippen LogP contribution in [0.1, 0.15) is 17.3 Å². The van der Waals surface area contributed by atoms with Gasteiger partial charge in [0.05, 0.1) is 0 Å². The number of hydrogen-bond donors (Lipinski definition) is 2. The number of carbonyl (C=O) groups is 3. The predicted molar refractivity (Wildman–Crippen MR) is 69.6 cm³/mol. The molecule has 1 fully saturated rings. The van der Waals surface area contributed by atoms with Crippen LogP contribution in [0.2, 0.25) is 0 Å². The second-order valence-corrected chi connectivity index (χ2v) is 4.59. The van der Waals surface area contributed by atoms with Gasteiger partial charge < -0.3 is 10.2 Å². The van der Waals surface area contributed by atoms with Gasteiger partial charge in [-0.05, 0) is 19.1 Å². The molecule has 0 spiro atoms. The molecule has 2 N–H and O–H groups in total. The van der Waals surface area contributed by atoms with Gasteiger partial charge in [0.1, 0.15) is 29.9 Å². The smallest absolute Gasteiger partial charge is 0.255 e. The van der Waals surface area contributed by atoms with Crippen LogP contribution in [0.3, 0.4) is 0 Å². The lowest BCUT2D eigenvalue weighted by Gasteiger charge is -2.31. The number of imide groups is 1. The second-order valence-electron chi connectivity index (χ2n) is 4.59. The summed E-state index contributed by atoms with van der Waals surface area (Å²) in [6, 6.07) is 0.826. The molecule has 0 aromatic heterocycles. The van der Waals surface area contributed by atoms with Crippen molar-refractivity contribution in [2.75, 3.05) is 18.9 Å². The number of carbonyl (C=O) groups excluding carboxylic acids is 3. The van der Waals surface area contributed by atoms with E-state index in [1.807, 2.05) is 0 Å². The van der Waals surface area contributed by atoms with Crippen LogP contribution in [0.5, 0.6) is 0 Å². The van der Waals surface area contributed by atoms with Crippen LogP contribution in [0, 0.1) is 11.6 Å². The molecule has 1 aromatic rings. The molecule has 1 aliphatic rings. The van der Waals surface area contributed by atoms with Gasteiger partial charge in [0.15, 0.2) is 0 Å². The van der Waals surface area contributed by atoms with Gasteiger partial charge >= 0.3 is 0 Å². The lowest BCUT2D eigenvalue weighted by Crippen LogP contribution is -2.58. The highest BCUT2D eigenvalue weighted by atomic mass is 19.1. The third kappa shape index (κ3) is 2.69. The average molecular weight is 297 g/mol. The van der Waals surface area contributed by atoms with Crippen molar-refractivity contribution in [3.8, 4) is 0 Å². The van der Waals surface area contributed by atoms with Gasteiger partial charge in [0.2, 0.25) is 11.8 Å². The van der Waals surface area contributed by atoms with Crippen LogP contribution in [0.25, 0.3) is 0 Å². The monoisotopic (exact) mass is 297 g/mol. The number of amides is 3. The van der Waals surface area contributed by atoms with Gasteiger partial charge in [0.25, 0.3) is 5.91 Å². The highest BCUT2D eigenvalue weighted by Gasteiger charge is 2.34. The quantitative estimate of drug-likeness (QED) is 0.779. The summed E-state index contributed by atoms with van der Waals surface area (Å²) in [4.78, 5) is 36.0. The molecule has 112 valence electrons. The molecule has 6 nitrogen and oxygen atoms in total. The van der Waals surface area contributed by atoms with Crippen LogP contribution < -0.4 is 10.6 Å². The number of piperazine rings is 1. The van der Waals surface area contributed by atoms with Crippen LogP contribution in [0.4, 0.5) is 14.5 Å². The number of nitrogens with zero attached hydrogens (tertiary/aromatic N) is 1. The molecular weight excluding hydrogens is 284 g/mol. The van der Waals surface area contributed by atoms with Crippen molar-refractivity contribution in [2.45, 2.75) is 13.0 Å². The SMILES string of the molecule is CNc1c(F)cc(C(=O)N2CC(=O)NC(=O)C2C)cc1F. The summed E-state index contributed by atoms with van der Waals surface area (Å²) in [5.41, 5.74) is -0.620. The zero-order valence-corrected chi connectivity index (χ0v) is 11.4. The zero-order chi connectivity index (χ0) is 15.7. The fraction of sp³-hybridized carbons (Fsp3) is 0.308. The van der Waals surface area contributed by atoms with E-state index >= 15 is 0 Å². The summed E-state index contributed by atoms with van der Waals surface area (Å²) in [5, 5.41) is 4.42. The Balaban J connectivity index is 2.35. The van der Waals surface area contributed by atoms with E-state index in [-0.39, 0.29) is 17.8 Å². The van der Waals surface area contributed by atoms with Crippen molar-refractivity contribution in [3.05, 3.63) is 29.3 Å². The molecule has 0 aliphatic carbocycles. The average Bonchev–Trinajstić information content (AvgIpc) is 2.41. The standard InChI is InChI=1S/C13H13F2N3O3/c1-6-12(20)17-10(19)5-18(6)13(21)7-3-8(14)11(16-2)9(15)4-7/h3-4,6,16H,5H2,1-2H3,(H,17,19,20). The van der Waals surface area contributed by atoms with Crippen molar-refractivity contribution in [2.24, 2.45) is 0 Å². The molecular formula is C13H13F2N3O3. The summed E-state index contributed by atoms with van der Waals surface area (Å²) in [6.45, 7) is 1.08. The van der Waals surface area contributed by atoms with Crippen molar-refractivity contribution >= 4 is 23.4 Å². The maximum atomic E-state index is 13.7. The number of halogens is 2. The number of nitrogens with one attached hydrogen (secondary N) is 2. The molecule has 0 bridgehead atoms. The molecule has 0 radical (unpaired) electrons. The first-order chi connectivity index (χ1) is 9.85. The Labute approximate surface area is 119 Å².